The van der Waals surface area contributed by atoms with E-state index in [0.717, 1.165) is 25.9 Å². The molecule has 0 radical (unpaired) electrons. The third-order valence-corrected chi connectivity index (χ3v) is 3.35. The molecule has 0 bridgehead atoms. The minimum atomic E-state index is -0.683. The Balaban J connectivity index is 2.00. The minimum Gasteiger partial charge on any atom is -0.480 e. The Morgan fingerprint density at radius 2 is 2.57 bits per heavy atom. The summed E-state index contributed by atoms with van der Waals surface area (Å²) in [6, 6.07) is 1.79. The van der Waals surface area contributed by atoms with E-state index in [4.69, 9.17) is 5.11 Å². The number of carbonyl (C=O) groups is 1. The molecular weight excluding hydrogens is 198 g/mol. The lowest BCUT2D eigenvalue weighted by Crippen LogP contribution is -2.35. The van der Waals surface area contributed by atoms with Crippen molar-refractivity contribution in [1.29, 1.82) is 0 Å². The van der Waals surface area contributed by atoms with E-state index in [2.05, 4.69) is 11.4 Å². The first-order valence-corrected chi connectivity index (χ1v) is 5.69. The Hall–Kier alpha value is -0.870. The topological polar surface area (TPSA) is 40.5 Å². The molecule has 1 N–H and O–H groups in total. The second-order valence-electron chi connectivity index (χ2n) is 3.60. The minimum absolute atomic E-state index is 0.269. The molecule has 1 fully saturated rings. The van der Waals surface area contributed by atoms with Crippen molar-refractivity contribution in [2.75, 3.05) is 6.54 Å². The molecule has 14 heavy (non-hydrogen) atoms. The summed E-state index contributed by atoms with van der Waals surface area (Å²) in [5, 5.41) is 13.1. The maximum atomic E-state index is 10.9. The summed E-state index contributed by atoms with van der Waals surface area (Å²) < 4.78 is 0. The molecule has 1 unspecified atom stereocenters. The number of thiophene rings is 1. The molecular formula is C10H13NO2S. The second-order valence-corrected chi connectivity index (χ2v) is 4.38. The summed E-state index contributed by atoms with van der Waals surface area (Å²) in [5.74, 6) is -0.683. The van der Waals surface area contributed by atoms with Crippen molar-refractivity contribution in [3.63, 3.8) is 0 Å². The average Bonchev–Trinajstić information content (AvgIpc) is 2.75. The highest BCUT2D eigenvalue weighted by Crippen LogP contribution is 2.20. The van der Waals surface area contributed by atoms with Crippen LogP contribution in [0.25, 0.3) is 0 Å². The van der Waals surface area contributed by atoms with E-state index in [9.17, 15) is 4.79 Å². The molecule has 2 heterocycles. The molecule has 1 atom stereocenters. The van der Waals surface area contributed by atoms with Gasteiger partial charge in [0, 0.05) is 6.54 Å². The van der Waals surface area contributed by atoms with E-state index in [0.29, 0.717) is 0 Å². The predicted molar refractivity (Wildman–Crippen MR) is 55.4 cm³/mol. The lowest BCUT2D eigenvalue weighted by atomic mass is 10.2. The molecule has 1 aliphatic heterocycles. The Morgan fingerprint density at radius 3 is 3.21 bits per heavy atom. The number of rotatable bonds is 3. The molecule has 1 aliphatic rings. The van der Waals surface area contributed by atoms with Crippen molar-refractivity contribution in [1.82, 2.24) is 4.90 Å². The molecule has 0 aliphatic carbocycles. The summed E-state index contributed by atoms with van der Waals surface area (Å²) in [7, 11) is 0. The van der Waals surface area contributed by atoms with Gasteiger partial charge in [0.25, 0.3) is 0 Å². The molecule has 0 aromatic carbocycles. The van der Waals surface area contributed by atoms with Crippen LogP contribution in [0.3, 0.4) is 0 Å². The van der Waals surface area contributed by atoms with E-state index in [1.54, 1.807) is 11.3 Å². The maximum Gasteiger partial charge on any atom is 0.320 e. The summed E-state index contributed by atoms with van der Waals surface area (Å²) in [5.41, 5.74) is 1.23. The Bertz CT molecular complexity index is 310. The van der Waals surface area contributed by atoms with Gasteiger partial charge in [0.05, 0.1) is 0 Å². The third-order valence-electron chi connectivity index (χ3n) is 2.61. The SMILES string of the molecule is O=C(O)C1CCCN1Cc1ccsc1. The van der Waals surface area contributed by atoms with Crippen LogP contribution in [-0.2, 0) is 11.3 Å². The first kappa shape index (κ1) is 9.68. The van der Waals surface area contributed by atoms with Crippen molar-refractivity contribution >= 4 is 17.3 Å². The van der Waals surface area contributed by atoms with E-state index < -0.39 is 5.97 Å². The van der Waals surface area contributed by atoms with E-state index in [1.165, 1.54) is 5.56 Å². The highest BCUT2D eigenvalue weighted by atomic mass is 32.1. The number of nitrogens with zero attached hydrogens (tertiary/aromatic N) is 1. The van der Waals surface area contributed by atoms with Gasteiger partial charge in [-0.15, -0.1) is 0 Å². The van der Waals surface area contributed by atoms with Gasteiger partial charge in [-0.2, -0.15) is 11.3 Å². The molecule has 1 aromatic heterocycles. The molecule has 76 valence electrons. The largest absolute Gasteiger partial charge is 0.480 e. The van der Waals surface area contributed by atoms with Crippen LogP contribution in [0.2, 0.25) is 0 Å². The fourth-order valence-electron chi connectivity index (χ4n) is 1.91. The first-order valence-electron chi connectivity index (χ1n) is 4.75. The van der Waals surface area contributed by atoms with Gasteiger partial charge in [-0.25, -0.2) is 0 Å². The molecule has 1 saturated heterocycles. The van der Waals surface area contributed by atoms with Crippen LogP contribution in [0, 0.1) is 0 Å². The molecule has 1 aromatic rings. The van der Waals surface area contributed by atoms with Gasteiger partial charge >= 0.3 is 5.97 Å². The van der Waals surface area contributed by atoms with E-state index >= 15 is 0 Å². The number of likely N-dealkylation sites (tertiary alicyclic amines) is 1. The number of carboxylic acids is 1. The third kappa shape index (κ3) is 1.96. The molecule has 2 rings (SSSR count). The van der Waals surface area contributed by atoms with Crippen LogP contribution in [0.4, 0.5) is 0 Å². The predicted octanol–water partition coefficient (Wildman–Crippen LogP) is 1.80. The Labute approximate surface area is 87.0 Å². The van der Waals surface area contributed by atoms with Crippen molar-refractivity contribution < 1.29 is 9.90 Å². The van der Waals surface area contributed by atoms with Gasteiger partial charge in [0.15, 0.2) is 0 Å². The van der Waals surface area contributed by atoms with Crippen LogP contribution in [0.1, 0.15) is 18.4 Å². The van der Waals surface area contributed by atoms with E-state index in [-0.39, 0.29) is 6.04 Å². The molecule has 0 saturated carbocycles. The summed E-state index contributed by atoms with van der Waals surface area (Å²) in [6.45, 7) is 1.69. The van der Waals surface area contributed by atoms with Crippen LogP contribution < -0.4 is 0 Å². The number of hydrogen-bond donors (Lipinski definition) is 1. The highest BCUT2D eigenvalue weighted by Gasteiger charge is 2.30. The Kier molecular flexibility index (Phi) is 2.84. The quantitative estimate of drug-likeness (QED) is 0.828. The van der Waals surface area contributed by atoms with Gasteiger partial charge in [-0.3, -0.25) is 9.69 Å². The van der Waals surface area contributed by atoms with Crippen LogP contribution >= 0.6 is 11.3 Å². The molecule has 3 nitrogen and oxygen atoms in total. The zero-order valence-corrected chi connectivity index (χ0v) is 8.67. The lowest BCUT2D eigenvalue weighted by molar-refractivity contribution is -0.142. The van der Waals surface area contributed by atoms with Gasteiger partial charge in [0.1, 0.15) is 6.04 Å². The van der Waals surface area contributed by atoms with Crippen molar-refractivity contribution in [2.45, 2.75) is 25.4 Å². The van der Waals surface area contributed by atoms with Gasteiger partial charge in [-0.05, 0) is 41.8 Å². The standard InChI is InChI=1S/C10H13NO2S/c12-10(13)9-2-1-4-11(9)6-8-3-5-14-7-8/h3,5,7,9H,1-2,4,6H2,(H,12,13). The maximum absolute atomic E-state index is 10.9. The molecule has 4 heteroatoms. The van der Waals surface area contributed by atoms with Crippen LogP contribution in [0.15, 0.2) is 16.8 Å². The lowest BCUT2D eigenvalue weighted by Gasteiger charge is -2.19. The highest BCUT2D eigenvalue weighted by molar-refractivity contribution is 7.07. The molecule has 0 spiro atoms. The fraction of sp³-hybridized carbons (Fsp3) is 0.500. The first-order chi connectivity index (χ1) is 6.77. The summed E-state index contributed by atoms with van der Waals surface area (Å²) in [4.78, 5) is 12.9. The monoisotopic (exact) mass is 211 g/mol. The fourth-order valence-corrected chi connectivity index (χ4v) is 2.57. The zero-order chi connectivity index (χ0) is 9.97. The zero-order valence-electron chi connectivity index (χ0n) is 7.85. The van der Waals surface area contributed by atoms with Gasteiger partial charge in [-0.1, -0.05) is 0 Å². The number of carboxylic acid groups (broad SMARTS) is 1. The Morgan fingerprint density at radius 1 is 1.71 bits per heavy atom. The van der Waals surface area contributed by atoms with Crippen LogP contribution in [0.5, 0.6) is 0 Å². The van der Waals surface area contributed by atoms with Crippen molar-refractivity contribution in [3.05, 3.63) is 22.4 Å². The van der Waals surface area contributed by atoms with Gasteiger partial charge < -0.3 is 5.11 Å². The average molecular weight is 211 g/mol. The summed E-state index contributed by atoms with van der Waals surface area (Å²) >= 11 is 1.66. The molecule has 0 amide bonds. The van der Waals surface area contributed by atoms with Crippen molar-refractivity contribution in [2.24, 2.45) is 0 Å². The summed E-state index contributed by atoms with van der Waals surface area (Å²) in [6.07, 6.45) is 1.79. The van der Waals surface area contributed by atoms with E-state index in [1.807, 2.05) is 10.3 Å². The second kappa shape index (κ2) is 4.11. The van der Waals surface area contributed by atoms with Crippen LogP contribution in [-0.4, -0.2) is 28.6 Å². The van der Waals surface area contributed by atoms with Gasteiger partial charge in [0.2, 0.25) is 0 Å². The normalized spacial score (nSPS) is 22.7. The number of aliphatic carboxylic acids is 1. The number of hydrogen-bond acceptors (Lipinski definition) is 3. The smallest absolute Gasteiger partial charge is 0.320 e. The van der Waals surface area contributed by atoms with Crippen molar-refractivity contribution in [3.8, 4) is 0 Å².